The van der Waals surface area contributed by atoms with E-state index in [1.807, 2.05) is 48.5 Å². The molecule has 0 bridgehead atoms. The molecule has 0 heterocycles. The van der Waals surface area contributed by atoms with Gasteiger partial charge in [0.1, 0.15) is 5.75 Å². The fourth-order valence-corrected chi connectivity index (χ4v) is 3.06. The van der Waals surface area contributed by atoms with Crippen molar-refractivity contribution in [2.45, 2.75) is 13.8 Å². The lowest BCUT2D eigenvalue weighted by molar-refractivity contribution is 0.0697. The first-order valence-electron chi connectivity index (χ1n) is 8.81. The third kappa shape index (κ3) is 4.50. The first kappa shape index (κ1) is 19.0. The van der Waals surface area contributed by atoms with Crippen LogP contribution in [0.2, 0.25) is 5.02 Å². The van der Waals surface area contributed by atoms with Crippen molar-refractivity contribution in [2.24, 2.45) is 5.92 Å². The maximum absolute atomic E-state index is 11.3. The van der Waals surface area contributed by atoms with E-state index < -0.39 is 5.97 Å². The highest BCUT2D eigenvalue weighted by Gasteiger charge is 2.14. The molecule has 0 aromatic heterocycles. The number of rotatable bonds is 6. The maximum Gasteiger partial charge on any atom is 0.335 e. The summed E-state index contributed by atoms with van der Waals surface area (Å²) in [5.41, 5.74) is 3.85. The van der Waals surface area contributed by atoms with E-state index in [-0.39, 0.29) is 5.56 Å². The molecule has 0 saturated carbocycles. The van der Waals surface area contributed by atoms with Gasteiger partial charge in [-0.15, -0.1) is 0 Å². The summed E-state index contributed by atoms with van der Waals surface area (Å²) in [4.78, 5) is 11.3. The van der Waals surface area contributed by atoms with Gasteiger partial charge in [-0.3, -0.25) is 0 Å². The molecule has 0 aliphatic rings. The summed E-state index contributed by atoms with van der Waals surface area (Å²) in [5.74, 6) is 0.212. The largest absolute Gasteiger partial charge is 0.493 e. The van der Waals surface area contributed by atoms with Crippen molar-refractivity contribution in [3.63, 3.8) is 0 Å². The predicted octanol–water partition coefficient (Wildman–Crippen LogP) is 6.41. The first-order chi connectivity index (χ1) is 13.0. The van der Waals surface area contributed by atoms with Crippen LogP contribution in [-0.2, 0) is 0 Å². The van der Waals surface area contributed by atoms with Gasteiger partial charge in [-0.2, -0.15) is 0 Å². The highest BCUT2D eigenvalue weighted by atomic mass is 35.5. The molecule has 3 nitrogen and oxygen atoms in total. The monoisotopic (exact) mass is 380 g/mol. The van der Waals surface area contributed by atoms with Gasteiger partial charge >= 0.3 is 5.97 Å². The van der Waals surface area contributed by atoms with Gasteiger partial charge in [0.25, 0.3) is 0 Å². The molecule has 0 atom stereocenters. The van der Waals surface area contributed by atoms with Gasteiger partial charge in [-0.1, -0.05) is 61.8 Å². The Labute approximate surface area is 164 Å². The Morgan fingerprint density at radius 3 is 2.41 bits per heavy atom. The average molecular weight is 381 g/mol. The van der Waals surface area contributed by atoms with Gasteiger partial charge in [-0.05, 0) is 52.9 Å². The summed E-state index contributed by atoms with van der Waals surface area (Å²) in [5, 5.41) is 9.93. The Bertz CT molecular complexity index is 963. The quantitative estimate of drug-likeness (QED) is 0.537. The van der Waals surface area contributed by atoms with Gasteiger partial charge in [0, 0.05) is 10.6 Å². The minimum absolute atomic E-state index is 0.254. The molecule has 0 unspecified atom stereocenters. The number of carboxylic acid groups (broad SMARTS) is 1. The Hall–Kier alpha value is -2.78. The molecule has 0 aliphatic heterocycles. The Morgan fingerprint density at radius 2 is 1.70 bits per heavy atom. The van der Waals surface area contributed by atoms with Gasteiger partial charge in [0.15, 0.2) is 0 Å². The summed E-state index contributed by atoms with van der Waals surface area (Å²) in [6.07, 6.45) is 0. The zero-order valence-electron chi connectivity index (χ0n) is 15.3. The number of carboxylic acids is 1. The van der Waals surface area contributed by atoms with Crippen LogP contribution in [0.4, 0.5) is 0 Å². The van der Waals surface area contributed by atoms with E-state index in [4.69, 9.17) is 16.3 Å². The van der Waals surface area contributed by atoms with Gasteiger partial charge in [-0.25, -0.2) is 4.79 Å². The number of hydrogen-bond acceptors (Lipinski definition) is 2. The lowest BCUT2D eigenvalue weighted by Gasteiger charge is -2.16. The summed E-state index contributed by atoms with van der Waals surface area (Å²) in [6.45, 7) is 4.80. The van der Waals surface area contributed by atoms with E-state index in [0.717, 1.165) is 28.0 Å². The van der Waals surface area contributed by atoms with Crippen LogP contribution in [0, 0.1) is 5.92 Å². The Balaban J connectivity index is 2.13. The summed E-state index contributed by atoms with van der Waals surface area (Å²) >= 11 is 6.26. The van der Waals surface area contributed by atoms with Gasteiger partial charge in [0.2, 0.25) is 0 Å². The predicted molar refractivity (Wildman–Crippen MR) is 110 cm³/mol. The molecular formula is C23H21ClO3. The van der Waals surface area contributed by atoms with Crippen LogP contribution in [-0.4, -0.2) is 17.7 Å². The van der Waals surface area contributed by atoms with Crippen LogP contribution in [0.1, 0.15) is 24.2 Å². The van der Waals surface area contributed by atoms with E-state index in [1.54, 1.807) is 18.2 Å². The fourth-order valence-electron chi connectivity index (χ4n) is 2.88. The minimum atomic E-state index is -0.946. The van der Waals surface area contributed by atoms with Crippen molar-refractivity contribution >= 4 is 17.6 Å². The number of benzene rings is 3. The standard InChI is InChI=1S/C23H21ClO3/c1-15(2)14-27-22-11-10-18(24)13-21(22)20-9-4-3-8-19(20)16-6-5-7-17(12-16)23(25)26/h3-13,15H,14H2,1-2H3,(H,25,26). The fraction of sp³-hybridized carbons (Fsp3) is 0.174. The first-order valence-corrected chi connectivity index (χ1v) is 9.19. The second kappa shape index (κ2) is 8.28. The molecule has 0 fully saturated rings. The molecule has 0 amide bonds. The molecule has 0 spiro atoms. The third-order valence-corrected chi connectivity index (χ3v) is 4.39. The van der Waals surface area contributed by atoms with Crippen molar-refractivity contribution < 1.29 is 14.6 Å². The number of halogens is 1. The van der Waals surface area contributed by atoms with Crippen molar-refractivity contribution in [2.75, 3.05) is 6.61 Å². The van der Waals surface area contributed by atoms with Gasteiger partial charge in [0.05, 0.1) is 12.2 Å². The Morgan fingerprint density at radius 1 is 0.963 bits per heavy atom. The van der Waals surface area contributed by atoms with Crippen molar-refractivity contribution in [1.82, 2.24) is 0 Å². The van der Waals surface area contributed by atoms with E-state index in [0.29, 0.717) is 17.5 Å². The smallest absolute Gasteiger partial charge is 0.335 e. The van der Waals surface area contributed by atoms with Gasteiger partial charge < -0.3 is 9.84 Å². The highest BCUT2D eigenvalue weighted by molar-refractivity contribution is 6.31. The molecule has 0 radical (unpaired) electrons. The molecular weight excluding hydrogens is 360 g/mol. The topological polar surface area (TPSA) is 46.5 Å². The molecule has 0 aliphatic carbocycles. The average Bonchev–Trinajstić information content (AvgIpc) is 2.67. The molecule has 27 heavy (non-hydrogen) atoms. The van der Waals surface area contributed by atoms with Crippen molar-refractivity contribution in [1.29, 1.82) is 0 Å². The van der Waals surface area contributed by atoms with Crippen LogP contribution in [0.15, 0.2) is 66.7 Å². The molecule has 3 rings (SSSR count). The van der Waals surface area contributed by atoms with E-state index in [1.165, 1.54) is 0 Å². The minimum Gasteiger partial charge on any atom is -0.493 e. The lowest BCUT2D eigenvalue weighted by atomic mass is 9.93. The van der Waals surface area contributed by atoms with E-state index >= 15 is 0 Å². The van der Waals surface area contributed by atoms with Crippen LogP contribution in [0.3, 0.4) is 0 Å². The number of hydrogen-bond donors (Lipinski definition) is 1. The van der Waals surface area contributed by atoms with Crippen molar-refractivity contribution in [3.8, 4) is 28.0 Å². The van der Waals surface area contributed by atoms with Crippen molar-refractivity contribution in [3.05, 3.63) is 77.3 Å². The zero-order valence-corrected chi connectivity index (χ0v) is 16.0. The van der Waals surface area contributed by atoms with Crippen LogP contribution in [0.5, 0.6) is 5.75 Å². The van der Waals surface area contributed by atoms with Crippen LogP contribution in [0.25, 0.3) is 22.3 Å². The second-order valence-electron chi connectivity index (χ2n) is 6.78. The maximum atomic E-state index is 11.3. The molecule has 3 aromatic carbocycles. The molecule has 3 aromatic rings. The second-order valence-corrected chi connectivity index (χ2v) is 7.21. The highest BCUT2D eigenvalue weighted by Crippen LogP contribution is 2.39. The van der Waals surface area contributed by atoms with Crippen LogP contribution < -0.4 is 4.74 Å². The SMILES string of the molecule is CC(C)COc1ccc(Cl)cc1-c1ccccc1-c1cccc(C(=O)O)c1. The molecule has 1 N–H and O–H groups in total. The van der Waals surface area contributed by atoms with E-state index in [2.05, 4.69) is 13.8 Å². The van der Waals surface area contributed by atoms with E-state index in [9.17, 15) is 9.90 Å². The molecule has 4 heteroatoms. The van der Waals surface area contributed by atoms with Crippen LogP contribution >= 0.6 is 11.6 Å². The molecule has 138 valence electrons. The number of ether oxygens (including phenoxy) is 1. The number of carbonyl (C=O) groups is 1. The summed E-state index contributed by atoms with van der Waals surface area (Å²) < 4.78 is 6.01. The normalized spacial score (nSPS) is 10.8. The Kier molecular flexibility index (Phi) is 5.82. The lowest BCUT2D eigenvalue weighted by Crippen LogP contribution is -2.05. The summed E-state index contributed by atoms with van der Waals surface area (Å²) in [6, 6.07) is 20.4. The third-order valence-electron chi connectivity index (χ3n) is 4.15. The molecule has 0 saturated heterocycles. The number of aromatic carboxylic acids is 1. The summed E-state index contributed by atoms with van der Waals surface area (Å²) in [7, 11) is 0. The zero-order chi connectivity index (χ0) is 19.4.